The van der Waals surface area contributed by atoms with E-state index in [9.17, 15) is 38.4 Å². The molecule has 4 aromatic heterocycles. The first kappa shape index (κ1) is 51.7. The van der Waals surface area contributed by atoms with Gasteiger partial charge in [-0.15, -0.1) is 0 Å². The molecule has 0 unspecified atom stereocenters. The van der Waals surface area contributed by atoms with Crippen molar-refractivity contribution in [1.29, 1.82) is 0 Å². The Hall–Kier alpha value is -5.44. The Morgan fingerprint density at radius 2 is 1.15 bits per heavy atom. The van der Waals surface area contributed by atoms with Crippen molar-refractivity contribution in [1.82, 2.24) is 18.7 Å². The van der Waals surface area contributed by atoms with Gasteiger partial charge in [0.15, 0.2) is 11.6 Å². The number of nitrogens with zero attached hydrogens (tertiary/aromatic N) is 3. The summed E-state index contributed by atoms with van der Waals surface area (Å²) in [6.07, 6.45) is 0.847. The molecular weight excluding hydrogens is 875 g/mol. The van der Waals surface area contributed by atoms with Crippen molar-refractivity contribution in [2.24, 2.45) is 0 Å². The number of H-pyrrole nitrogens is 1. The molecule has 0 saturated carbocycles. The monoisotopic (exact) mass is 920 g/mol. The Labute approximate surface area is 379 Å². The van der Waals surface area contributed by atoms with E-state index in [0.717, 1.165) is 13.7 Å². The molecule has 0 atom stereocenters. The van der Waals surface area contributed by atoms with E-state index in [1.54, 1.807) is 57.4 Å². The van der Waals surface area contributed by atoms with Crippen molar-refractivity contribution in [3.8, 4) is 11.5 Å². The molecule has 0 spiro atoms. The number of Topliss-reactive ketones (excluding diaryl/α,β-unsaturated/α-hetero) is 2. The zero-order chi connectivity index (χ0) is 43.4. The minimum Gasteiger partial charge on any atom is -1.00 e. The molecule has 6 rings (SSSR count). The third kappa shape index (κ3) is 11.9. The number of methoxy groups -OCH3 is 4. The van der Waals surface area contributed by atoms with Crippen molar-refractivity contribution in [2.45, 2.75) is 54.1 Å². The number of rotatable bonds is 13. The molecule has 0 saturated heterocycles. The number of carbonyl (C=O) groups is 2. The van der Waals surface area contributed by atoms with Crippen LogP contribution in [0.25, 0.3) is 22.2 Å². The minimum atomic E-state index is -0.816. The predicted molar refractivity (Wildman–Crippen MR) is 227 cm³/mol. The molecule has 61 heavy (non-hydrogen) atoms. The van der Waals surface area contributed by atoms with Gasteiger partial charge < -0.3 is 29.2 Å². The third-order valence-corrected chi connectivity index (χ3v) is 9.18. The number of alkyl halides is 1. The van der Waals surface area contributed by atoms with Crippen molar-refractivity contribution >= 4 is 49.7 Å². The van der Waals surface area contributed by atoms with Crippen LogP contribution in [0, 0.1) is 0 Å². The van der Waals surface area contributed by atoms with Gasteiger partial charge in [-0.25, -0.2) is 28.3 Å². The van der Waals surface area contributed by atoms with Crippen LogP contribution in [0.4, 0.5) is 0 Å². The van der Waals surface area contributed by atoms with Gasteiger partial charge in [-0.3, -0.25) is 28.7 Å². The third-order valence-electron chi connectivity index (χ3n) is 8.67. The van der Waals surface area contributed by atoms with Gasteiger partial charge in [-0.05, 0) is 48.2 Å². The van der Waals surface area contributed by atoms with Gasteiger partial charge in [0.25, 0.3) is 11.1 Å². The van der Waals surface area contributed by atoms with Crippen LogP contribution >= 0.6 is 15.9 Å². The summed E-state index contributed by atoms with van der Waals surface area (Å²) in [7, 11) is 5.73. The summed E-state index contributed by atoms with van der Waals surface area (Å²) >= 11 is 3.11. The first-order valence-corrected chi connectivity index (χ1v) is 18.9. The average molecular weight is 922 g/mol. The molecule has 18 nitrogen and oxygen atoms in total. The molecule has 0 aliphatic rings. The van der Waals surface area contributed by atoms with E-state index in [4.69, 9.17) is 27.8 Å². The van der Waals surface area contributed by atoms with Gasteiger partial charge in [0.1, 0.15) is 35.7 Å². The van der Waals surface area contributed by atoms with Gasteiger partial charge in [-0.1, -0.05) is 61.5 Å². The normalized spacial score (nSPS) is 10.3. The van der Waals surface area contributed by atoms with Crippen molar-refractivity contribution in [2.75, 3.05) is 33.8 Å². The summed E-state index contributed by atoms with van der Waals surface area (Å²) < 4.78 is 33.1. The first-order chi connectivity index (χ1) is 28.3. The second kappa shape index (κ2) is 24.1. The predicted octanol–water partition coefficient (Wildman–Crippen LogP) is 1.01. The number of nitrogens with one attached hydrogen (secondary N) is 1. The zero-order valence-electron chi connectivity index (χ0n) is 35.0. The fraction of sp³-hybridized carbons (Fsp3) is 0.317. The molecule has 322 valence electrons. The number of halogens is 1. The van der Waals surface area contributed by atoms with Crippen LogP contribution in [0.5, 0.6) is 11.5 Å². The van der Waals surface area contributed by atoms with Gasteiger partial charge in [0.2, 0.25) is 11.4 Å². The van der Waals surface area contributed by atoms with E-state index < -0.39 is 46.1 Å². The number of aromatic nitrogens is 4. The number of hydrogen-bond acceptors (Lipinski definition) is 14. The van der Waals surface area contributed by atoms with Gasteiger partial charge in [0, 0.05) is 26.4 Å². The Bertz CT molecular complexity index is 2860. The van der Waals surface area contributed by atoms with E-state index in [1.807, 2.05) is 12.1 Å². The molecule has 0 amide bonds. The molecule has 0 aliphatic heterocycles. The second-order valence-electron chi connectivity index (χ2n) is 12.3. The summed E-state index contributed by atoms with van der Waals surface area (Å²) in [4.78, 5) is 98.9. The molecule has 0 aliphatic carbocycles. The van der Waals surface area contributed by atoms with Crippen molar-refractivity contribution in [3.63, 3.8) is 0 Å². The maximum atomic E-state index is 13.1. The number of aromatic amines is 1. The van der Waals surface area contributed by atoms with Crippen LogP contribution in [0.1, 0.15) is 54.5 Å². The molecule has 4 heterocycles. The zero-order valence-corrected chi connectivity index (χ0v) is 37.5. The van der Waals surface area contributed by atoms with Gasteiger partial charge >= 0.3 is 52.2 Å². The van der Waals surface area contributed by atoms with Crippen LogP contribution in [0.15, 0.2) is 98.3 Å². The van der Waals surface area contributed by atoms with E-state index in [0.29, 0.717) is 46.4 Å². The van der Waals surface area contributed by atoms with E-state index in [1.165, 1.54) is 33.5 Å². The molecule has 20 heteroatoms. The van der Waals surface area contributed by atoms with Crippen LogP contribution in [-0.4, -0.2) is 64.0 Å². The quantitative estimate of drug-likeness (QED) is 0.0969. The fourth-order valence-corrected chi connectivity index (χ4v) is 6.22. The summed E-state index contributed by atoms with van der Waals surface area (Å²) in [6, 6.07) is 16.2. The number of ketones is 2. The molecule has 6 aromatic rings. The van der Waals surface area contributed by atoms with Crippen molar-refractivity contribution < 1.29 is 68.4 Å². The Kier molecular flexibility index (Phi) is 20.4. The summed E-state index contributed by atoms with van der Waals surface area (Å²) in [5.41, 5.74) is -2.46. The van der Waals surface area contributed by atoms with Crippen LogP contribution in [-0.2, 0) is 42.3 Å². The number of carbonyl (C=O) groups excluding carboxylic acids is 2. The van der Waals surface area contributed by atoms with E-state index in [-0.39, 0.29) is 85.4 Å². The maximum absolute atomic E-state index is 13.1. The Morgan fingerprint density at radius 1 is 0.689 bits per heavy atom. The SMILES string of the molecule is C.CCc1cc(=O)oc2c1c(=O)[nH]c(=O)n2COC.CCc1cc(=O)oc2c1c(=O)n(CC(=O)c1ccccc1OC)c(=O)n2COC.COc1ccccc1C(=O)CBr.[H-].[Na+]. The number of fused-ring (bicyclic) bond motifs is 2. The number of ether oxygens (including phenoxy) is 4. The smallest absolute Gasteiger partial charge is 1.00 e. The van der Waals surface area contributed by atoms with Crippen LogP contribution in [0.3, 0.4) is 0 Å². The average Bonchev–Trinajstić information content (AvgIpc) is 3.24. The van der Waals surface area contributed by atoms with Gasteiger partial charge in [-0.2, -0.15) is 0 Å². The van der Waals surface area contributed by atoms with Crippen molar-refractivity contribution in [3.05, 3.63) is 145 Å². The standard InChI is InChI=1S/C20H20N2O7.C11H12N2O5.C9H9BrO2.CH4.Na.H/c1-4-12-9-16(24)29-19-17(12)18(25)21(20(26)22(19)11-27-2)10-14(23)13-7-5-6-8-15(13)28-3;1-3-6-4-7(14)18-10-8(6)9(15)12-11(16)13(10)5-17-2;1-12-9-5-3-2-4-7(9)8(11)6-10;;;/h5-9H,4,10-11H2,1-3H3;4H,3,5H2,1-2H3,(H,12,15,16);2-5H,6H2,1H3;1H4;;/q;;;;+1;-1. The number of benzene rings is 2. The topological polar surface area (TPSA) is 230 Å². The molecule has 1 N–H and O–H groups in total. The molecule has 2 aromatic carbocycles. The molecule has 0 fully saturated rings. The first-order valence-electron chi connectivity index (χ1n) is 17.8. The fourth-order valence-electron chi connectivity index (χ4n) is 5.92. The Balaban J connectivity index is 0.000000499. The van der Waals surface area contributed by atoms with Crippen LogP contribution < -0.4 is 72.8 Å². The number of para-hydroxylation sites is 2. The molecule has 0 radical (unpaired) electrons. The second-order valence-corrected chi connectivity index (χ2v) is 12.8. The molecular formula is C41H46BrN4NaO14. The number of hydrogen-bond donors (Lipinski definition) is 1. The molecule has 0 bridgehead atoms. The summed E-state index contributed by atoms with van der Waals surface area (Å²) in [5, 5.41) is 0.596. The number of aryl methyl sites for hydroxylation is 2. The maximum Gasteiger partial charge on any atom is 1.00 e. The van der Waals surface area contributed by atoms with Crippen LogP contribution in [0.2, 0.25) is 0 Å². The summed E-state index contributed by atoms with van der Waals surface area (Å²) in [6.45, 7) is 2.71. The van der Waals surface area contributed by atoms with Gasteiger partial charge in [0.05, 0.1) is 37.2 Å². The Morgan fingerprint density at radius 3 is 1.62 bits per heavy atom. The van der Waals surface area contributed by atoms with E-state index >= 15 is 0 Å². The van der Waals surface area contributed by atoms with E-state index in [2.05, 4.69) is 20.9 Å². The summed E-state index contributed by atoms with van der Waals surface area (Å²) in [5.74, 6) is 0.526. The minimum absolute atomic E-state index is 0. The largest absolute Gasteiger partial charge is 1.00 e.